The summed E-state index contributed by atoms with van der Waals surface area (Å²) < 4.78 is 36.6. The largest absolute Gasteiger partial charge is 0.381 e. The topological polar surface area (TPSA) is 82.3 Å². The van der Waals surface area contributed by atoms with Gasteiger partial charge < -0.3 is 9.26 Å². The molecule has 0 aliphatic carbocycles. The normalized spacial score (nSPS) is 17.5. The van der Waals surface area contributed by atoms with E-state index in [0.717, 1.165) is 12.0 Å². The standard InChI is InChI=1S/C19H18N2O4S/c22-26(23,13-14-6-2-1-3-7-14)17-9-5-4-8-16(17)19-20-18(21-25-19)15-10-11-24-12-15/h1-9,15H,10-13H2/t15-/m0/s1. The van der Waals surface area contributed by atoms with Crippen molar-refractivity contribution in [1.29, 1.82) is 0 Å². The maximum absolute atomic E-state index is 12.9. The van der Waals surface area contributed by atoms with E-state index < -0.39 is 9.84 Å². The zero-order valence-electron chi connectivity index (χ0n) is 14.0. The maximum atomic E-state index is 12.9. The first-order chi connectivity index (χ1) is 12.6. The van der Waals surface area contributed by atoms with Gasteiger partial charge in [-0.3, -0.25) is 0 Å². The highest BCUT2D eigenvalue weighted by Gasteiger charge is 2.26. The zero-order valence-corrected chi connectivity index (χ0v) is 14.9. The summed E-state index contributed by atoms with van der Waals surface area (Å²) >= 11 is 0. The molecule has 1 atom stereocenters. The number of hydrogen-bond acceptors (Lipinski definition) is 6. The third kappa shape index (κ3) is 3.40. The average molecular weight is 370 g/mol. The molecule has 0 bridgehead atoms. The Balaban J connectivity index is 1.68. The van der Waals surface area contributed by atoms with Gasteiger partial charge in [-0.05, 0) is 24.1 Å². The molecule has 4 rings (SSSR count). The lowest BCUT2D eigenvalue weighted by Gasteiger charge is -2.08. The Bertz CT molecular complexity index is 993. The molecule has 1 aromatic heterocycles. The molecule has 1 aliphatic rings. The number of nitrogens with zero attached hydrogens (tertiary/aromatic N) is 2. The van der Waals surface area contributed by atoms with Crippen molar-refractivity contribution in [2.45, 2.75) is 23.0 Å². The van der Waals surface area contributed by atoms with Gasteiger partial charge in [0.15, 0.2) is 15.7 Å². The molecule has 0 radical (unpaired) electrons. The number of rotatable bonds is 5. The molecule has 3 aromatic rings. The first-order valence-corrected chi connectivity index (χ1v) is 10.1. The van der Waals surface area contributed by atoms with E-state index >= 15 is 0 Å². The highest BCUT2D eigenvalue weighted by molar-refractivity contribution is 7.90. The van der Waals surface area contributed by atoms with Crippen LogP contribution >= 0.6 is 0 Å². The SMILES string of the molecule is O=S(=O)(Cc1ccccc1)c1ccccc1-c1nc([C@H]2CCOC2)no1. The van der Waals surface area contributed by atoms with Gasteiger partial charge in [0.1, 0.15) is 0 Å². The monoisotopic (exact) mass is 370 g/mol. The van der Waals surface area contributed by atoms with Gasteiger partial charge >= 0.3 is 0 Å². The van der Waals surface area contributed by atoms with Crippen LogP contribution in [0.4, 0.5) is 0 Å². The fraction of sp³-hybridized carbons (Fsp3) is 0.263. The van der Waals surface area contributed by atoms with E-state index in [1.807, 2.05) is 18.2 Å². The van der Waals surface area contributed by atoms with Crippen LogP contribution in [0, 0.1) is 0 Å². The third-order valence-electron chi connectivity index (χ3n) is 4.39. The second kappa shape index (κ2) is 7.01. The smallest absolute Gasteiger partial charge is 0.259 e. The predicted octanol–water partition coefficient (Wildman–Crippen LogP) is 3.21. The Hall–Kier alpha value is -2.51. The van der Waals surface area contributed by atoms with Crippen LogP contribution in [0.25, 0.3) is 11.5 Å². The lowest BCUT2D eigenvalue weighted by molar-refractivity contribution is 0.192. The molecule has 0 spiro atoms. The van der Waals surface area contributed by atoms with Crippen molar-refractivity contribution in [3.05, 3.63) is 66.0 Å². The van der Waals surface area contributed by atoms with Crippen LogP contribution in [0.5, 0.6) is 0 Å². The Kier molecular flexibility index (Phi) is 4.57. The van der Waals surface area contributed by atoms with Crippen LogP contribution in [0.2, 0.25) is 0 Å². The molecule has 2 aromatic carbocycles. The molecular weight excluding hydrogens is 352 g/mol. The van der Waals surface area contributed by atoms with Crippen molar-refractivity contribution in [2.75, 3.05) is 13.2 Å². The summed E-state index contributed by atoms with van der Waals surface area (Å²) in [6, 6.07) is 15.8. The van der Waals surface area contributed by atoms with Gasteiger partial charge in [0, 0.05) is 12.5 Å². The molecule has 2 heterocycles. The number of ether oxygens (including phenoxy) is 1. The van der Waals surface area contributed by atoms with E-state index in [1.54, 1.807) is 36.4 Å². The van der Waals surface area contributed by atoms with Crippen LogP contribution in [0.15, 0.2) is 64.0 Å². The van der Waals surface area contributed by atoms with E-state index in [1.165, 1.54) is 0 Å². The van der Waals surface area contributed by atoms with Crippen molar-refractivity contribution >= 4 is 9.84 Å². The number of hydrogen-bond donors (Lipinski definition) is 0. The minimum Gasteiger partial charge on any atom is -0.381 e. The zero-order chi connectivity index (χ0) is 18.0. The highest BCUT2D eigenvalue weighted by Crippen LogP contribution is 2.30. The minimum absolute atomic E-state index is 0.0810. The average Bonchev–Trinajstić information content (AvgIpc) is 3.34. The van der Waals surface area contributed by atoms with E-state index in [9.17, 15) is 8.42 Å². The van der Waals surface area contributed by atoms with Gasteiger partial charge in [-0.15, -0.1) is 0 Å². The van der Waals surface area contributed by atoms with Crippen molar-refractivity contribution in [2.24, 2.45) is 0 Å². The minimum atomic E-state index is -3.55. The van der Waals surface area contributed by atoms with Gasteiger partial charge in [0.2, 0.25) is 0 Å². The molecule has 0 N–H and O–H groups in total. The molecule has 0 unspecified atom stereocenters. The van der Waals surface area contributed by atoms with Crippen LogP contribution < -0.4 is 0 Å². The molecule has 0 saturated carbocycles. The van der Waals surface area contributed by atoms with E-state index in [-0.39, 0.29) is 22.5 Å². The molecule has 1 aliphatic heterocycles. The molecule has 26 heavy (non-hydrogen) atoms. The van der Waals surface area contributed by atoms with Gasteiger partial charge in [-0.2, -0.15) is 4.98 Å². The number of sulfone groups is 1. The Morgan fingerprint density at radius 1 is 1.04 bits per heavy atom. The maximum Gasteiger partial charge on any atom is 0.259 e. The summed E-state index contributed by atoms with van der Waals surface area (Å²) in [5.41, 5.74) is 1.16. The summed E-state index contributed by atoms with van der Waals surface area (Å²) in [5.74, 6) is 0.801. The summed E-state index contributed by atoms with van der Waals surface area (Å²) in [5, 5.41) is 4.02. The van der Waals surface area contributed by atoms with Crippen molar-refractivity contribution in [3.63, 3.8) is 0 Å². The first-order valence-electron chi connectivity index (χ1n) is 8.41. The molecule has 134 valence electrons. The summed E-state index contributed by atoms with van der Waals surface area (Å²) in [6.07, 6.45) is 0.840. The molecule has 0 amide bonds. The molecular formula is C19H18N2O4S. The lowest BCUT2D eigenvalue weighted by atomic mass is 10.1. The van der Waals surface area contributed by atoms with E-state index in [0.29, 0.717) is 24.6 Å². The second-order valence-electron chi connectivity index (χ2n) is 6.26. The highest BCUT2D eigenvalue weighted by atomic mass is 32.2. The molecule has 6 nitrogen and oxygen atoms in total. The van der Waals surface area contributed by atoms with Crippen LogP contribution in [-0.2, 0) is 20.3 Å². The quantitative estimate of drug-likeness (QED) is 0.686. The van der Waals surface area contributed by atoms with Crippen LogP contribution in [0.3, 0.4) is 0 Å². The van der Waals surface area contributed by atoms with Gasteiger partial charge in [-0.1, -0.05) is 47.6 Å². The fourth-order valence-electron chi connectivity index (χ4n) is 3.03. The predicted molar refractivity (Wildman–Crippen MR) is 95.2 cm³/mol. The fourth-order valence-corrected chi connectivity index (χ4v) is 4.60. The van der Waals surface area contributed by atoms with Gasteiger partial charge in [0.05, 0.1) is 22.8 Å². The third-order valence-corrected chi connectivity index (χ3v) is 6.13. The summed E-state index contributed by atoms with van der Waals surface area (Å²) in [7, 11) is -3.55. The van der Waals surface area contributed by atoms with E-state index in [4.69, 9.17) is 9.26 Å². The van der Waals surface area contributed by atoms with Crippen LogP contribution in [-0.4, -0.2) is 31.8 Å². The lowest BCUT2D eigenvalue weighted by Crippen LogP contribution is -2.07. The molecule has 7 heteroatoms. The van der Waals surface area contributed by atoms with Crippen LogP contribution in [0.1, 0.15) is 23.7 Å². The second-order valence-corrected chi connectivity index (χ2v) is 8.22. The van der Waals surface area contributed by atoms with Crippen molar-refractivity contribution < 1.29 is 17.7 Å². The number of aromatic nitrogens is 2. The van der Waals surface area contributed by atoms with Gasteiger partial charge in [0.25, 0.3) is 5.89 Å². The Morgan fingerprint density at radius 3 is 2.58 bits per heavy atom. The van der Waals surface area contributed by atoms with Crippen molar-refractivity contribution in [3.8, 4) is 11.5 Å². The molecule has 1 saturated heterocycles. The van der Waals surface area contributed by atoms with Crippen molar-refractivity contribution in [1.82, 2.24) is 10.1 Å². The molecule has 1 fully saturated rings. The number of benzene rings is 2. The first kappa shape index (κ1) is 16.9. The Labute approximate surface area is 151 Å². The summed E-state index contributed by atoms with van der Waals surface area (Å²) in [6.45, 7) is 1.24. The summed E-state index contributed by atoms with van der Waals surface area (Å²) in [4.78, 5) is 4.62. The van der Waals surface area contributed by atoms with E-state index in [2.05, 4.69) is 10.1 Å². The van der Waals surface area contributed by atoms with Gasteiger partial charge in [-0.25, -0.2) is 8.42 Å². The Morgan fingerprint density at radius 2 is 1.81 bits per heavy atom.